The summed E-state index contributed by atoms with van der Waals surface area (Å²) in [7, 11) is 0. The first-order valence-electron chi connectivity index (χ1n) is 10.1. The van der Waals surface area contributed by atoms with Gasteiger partial charge in [0, 0.05) is 37.3 Å². The van der Waals surface area contributed by atoms with E-state index in [0.717, 1.165) is 12.1 Å². The van der Waals surface area contributed by atoms with E-state index >= 15 is 0 Å². The highest BCUT2D eigenvalue weighted by Crippen LogP contribution is 2.40. The maximum Gasteiger partial charge on any atom is 0.295 e. The third kappa shape index (κ3) is 4.22. The number of amides is 1. The summed E-state index contributed by atoms with van der Waals surface area (Å²) in [6, 6.07) is 9.68. The maximum atomic E-state index is 14.7. The Morgan fingerprint density at radius 1 is 1.00 bits per heavy atom. The van der Waals surface area contributed by atoms with Crippen LogP contribution in [0.25, 0.3) is 5.76 Å². The SMILES string of the molecule is O=C1C(=O)N(CCN2CCOCC2)C(c2ccccc2F)C1=C(O)c1ccc(F)cc1. The fraction of sp³-hybridized carbons (Fsp3) is 0.304. The number of likely N-dealkylation sites (tertiary alicyclic amines) is 1. The molecular formula is C23H22F2N2O4. The summed E-state index contributed by atoms with van der Waals surface area (Å²) in [5.74, 6) is -3.24. The summed E-state index contributed by atoms with van der Waals surface area (Å²) in [5, 5.41) is 10.9. The standard InChI is InChI=1S/C23H22F2N2O4/c24-16-7-5-15(6-8-16)21(28)19-20(17-3-1-2-4-18(17)25)27(23(30)22(19)29)10-9-26-11-13-31-14-12-26/h1-8,20,28H,9-14H2. The Morgan fingerprint density at radius 3 is 2.35 bits per heavy atom. The zero-order chi connectivity index (χ0) is 22.0. The van der Waals surface area contributed by atoms with E-state index in [1.165, 1.54) is 35.2 Å². The van der Waals surface area contributed by atoms with Gasteiger partial charge in [-0.3, -0.25) is 14.5 Å². The minimum absolute atomic E-state index is 0.118. The van der Waals surface area contributed by atoms with Gasteiger partial charge >= 0.3 is 0 Å². The first-order valence-corrected chi connectivity index (χ1v) is 10.1. The lowest BCUT2D eigenvalue weighted by Gasteiger charge is -2.31. The van der Waals surface area contributed by atoms with Crippen LogP contribution in [0.5, 0.6) is 0 Å². The number of ketones is 1. The number of hydrogen-bond donors (Lipinski definition) is 1. The monoisotopic (exact) mass is 428 g/mol. The summed E-state index contributed by atoms with van der Waals surface area (Å²) in [6.45, 7) is 3.23. The second-order valence-corrected chi connectivity index (χ2v) is 7.47. The Morgan fingerprint density at radius 2 is 1.68 bits per heavy atom. The van der Waals surface area contributed by atoms with Crippen LogP contribution >= 0.6 is 0 Å². The number of rotatable bonds is 5. The Kier molecular flexibility index (Phi) is 6.11. The summed E-state index contributed by atoms with van der Waals surface area (Å²) in [5.41, 5.74) is 0.0879. The zero-order valence-corrected chi connectivity index (χ0v) is 16.8. The molecule has 0 spiro atoms. The molecular weight excluding hydrogens is 406 g/mol. The first kappa shape index (κ1) is 21.1. The van der Waals surface area contributed by atoms with Crippen molar-refractivity contribution in [3.8, 4) is 0 Å². The molecule has 0 aliphatic carbocycles. The van der Waals surface area contributed by atoms with Gasteiger partial charge in [-0.1, -0.05) is 18.2 Å². The van der Waals surface area contributed by atoms with Crippen LogP contribution < -0.4 is 0 Å². The number of carbonyl (C=O) groups is 2. The van der Waals surface area contributed by atoms with Gasteiger partial charge in [0.2, 0.25) is 0 Å². The highest BCUT2D eigenvalue weighted by atomic mass is 19.1. The highest BCUT2D eigenvalue weighted by molar-refractivity contribution is 6.46. The van der Waals surface area contributed by atoms with E-state index in [2.05, 4.69) is 4.90 Å². The number of nitrogens with zero attached hydrogens (tertiary/aromatic N) is 2. The van der Waals surface area contributed by atoms with Crippen LogP contribution in [0.2, 0.25) is 0 Å². The van der Waals surface area contributed by atoms with Crippen LogP contribution in [0.3, 0.4) is 0 Å². The van der Waals surface area contributed by atoms with Gasteiger partial charge in [0.1, 0.15) is 17.4 Å². The van der Waals surface area contributed by atoms with Crippen molar-refractivity contribution < 1.29 is 28.2 Å². The Hall–Kier alpha value is -3.10. The summed E-state index contributed by atoms with van der Waals surface area (Å²) in [4.78, 5) is 29.2. The van der Waals surface area contributed by atoms with E-state index in [0.29, 0.717) is 32.8 Å². The van der Waals surface area contributed by atoms with Gasteiger partial charge in [-0.15, -0.1) is 0 Å². The first-order chi connectivity index (χ1) is 15.0. The average molecular weight is 428 g/mol. The van der Waals surface area contributed by atoms with Crippen LogP contribution in [0.15, 0.2) is 54.1 Å². The molecule has 6 nitrogen and oxygen atoms in total. The van der Waals surface area contributed by atoms with E-state index in [1.54, 1.807) is 6.07 Å². The number of aliphatic hydroxyl groups excluding tert-OH is 1. The van der Waals surface area contributed by atoms with E-state index in [1.807, 2.05) is 0 Å². The lowest BCUT2D eigenvalue weighted by Crippen LogP contribution is -2.42. The Bertz CT molecular complexity index is 1020. The van der Waals surface area contributed by atoms with Crippen molar-refractivity contribution in [1.82, 2.24) is 9.80 Å². The largest absolute Gasteiger partial charge is 0.507 e. The molecule has 0 saturated carbocycles. The molecule has 1 N–H and O–H groups in total. The van der Waals surface area contributed by atoms with E-state index < -0.39 is 35.1 Å². The quantitative estimate of drug-likeness (QED) is 0.451. The Labute approximate surface area is 178 Å². The molecule has 8 heteroatoms. The summed E-state index contributed by atoms with van der Waals surface area (Å²) in [6.07, 6.45) is 0. The third-order valence-corrected chi connectivity index (χ3v) is 5.62. The number of benzene rings is 2. The topological polar surface area (TPSA) is 70.1 Å². The van der Waals surface area contributed by atoms with Crippen molar-refractivity contribution in [3.05, 3.63) is 76.9 Å². The van der Waals surface area contributed by atoms with Crippen molar-refractivity contribution >= 4 is 17.4 Å². The van der Waals surface area contributed by atoms with Crippen molar-refractivity contribution in [2.24, 2.45) is 0 Å². The van der Waals surface area contributed by atoms with Crippen molar-refractivity contribution in [2.75, 3.05) is 39.4 Å². The maximum absolute atomic E-state index is 14.7. The molecule has 2 aliphatic heterocycles. The molecule has 31 heavy (non-hydrogen) atoms. The van der Waals surface area contributed by atoms with Crippen molar-refractivity contribution in [3.63, 3.8) is 0 Å². The molecule has 2 fully saturated rings. The number of Topliss-reactive ketones (excluding diaryl/α,β-unsaturated/α-hetero) is 1. The molecule has 2 saturated heterocycles. The van der Waals surface area contributed by atoms with Gasteiger partial charge in [0.15, 0.2) is 0 Å². The number of halogens is 2. The van der Waals surface area contributed by atoms with E-state index in [9.17, 15) is 23.5 Å². The number of carbonyl (C=O) groups excluding carboxylic acids is 2. The number of aliphatic hydroxyl groups is 1. The van der Waals surface area contributed by atoms with Crippen LogP contribution in [-0.2, 0) is 14.3 Å². The minimum Gasteiger partial charge on any atom is -0.507 e. The van der Waals surface area contributed by atoms with Crippen LogP contribution in [0.4, 0.5) is 8.78 Å². The molecule has 2 aromatic carbocycles. The molecule has 2 aliphatic rings. The number of hydrogen-bond acceptors (Lipinski definition) is 5. The summed E-state index contributed by atoms with van der Waals surface area (Å²) < 4.78 is 33.4. The van der Waals surface area contributed by atoms with Crippen LogP contribution in [0.1, 0.15) is 17.2 Å². The lowest BCUT2D eigenvalue weighted by atomic mass is 9.95. The van der Waals surface area contributed by atoms with E-state index in [4.69, 9.17) is 4.74 Å². The molecule has 1 amide bonds. The highest BCUT2D eigenvalue weighted by Gasteiger charge is 2.46. The van der Waals surface area contributed by atoms with Crippen molar-refractivity contribution in [1.29, 1.82) is 0 Å². The van der Waals surface area contributed by atoms with Crippen LogP contribution in [0, 0.1) is 11.6 Å². The molecule has 2 aromatic rings. The molecule has 1 atom stereocenters. The zero-order valence-electron chi connectivity index (χ0n) is 16.8. The predicted octanol–water partition coefficient (Wildman–Crippen LogP) is 2.72. The lowest BCUT2D eigenvalue weighted by molar-refractivity contribution is -0.140. The van der Waals surface area contributed by atoms with Crippen LogP contribution in [-0.4, -0.2) is 66.0 Å². The molecule has 0 aromatic heterocycles. The van der Waals surface area contributed by atoms with Gasteiger partial charge in [-0.25, -0.2) is 8.78 Å². The normalized spacial score (nSPS) is 21.6. The molecule has 0 bridgehead atoms. The third-order valence-electron chi connectivity index (χ3n) is 5.62. The van der Waals surface area contributed by atoms with Gasteiger partial charge in [-0.2, -0.15) is 0 Å². The fourth-order valence-corrected chi connectivity index (χ4v) is 3.97. The number of morpholine rings is 1. The second kappa shape index (κ2) is 8.95. The molecule has 1 unspecified atom stereocenters. The number of ether oxygens (including phenoxy) is 1. The van der Waals surface area contributed by atoms with E-state index in [-0.39, 0.29) is 23.2 Å². The fourth-order valence-electron chi connectivity index (χ4n) is 3.97. The Balaban J connectivity index is 1.75. The molecule has 4 rings (SSSR count). The molecule has 0 radical (unpaired) electrons. The van der Waals surface area contributed by atoms with Gasteiger partial charge in [0.25, 0.3) is 11.7 Å². The predicted molar refractivity (Wildman–Crippen MR) is 109 cm³/mol. The van der Waals surface area contributed by atoms with Gasteiger partial charge < -0.3 is 14.7 Å². The van der Waals surface area contributed by atoms with Gasteiger partial charge in [-0.05, 0) is 30.3 Å². The molecule has 2 heterocycles. The van der Waals surface area contributed by atoms with Crippen molar-refractivity contribution in [2.45, 2.75) is 6.04 Å². The average Bonchev–Trinajstić information content (AvgIpc) is 3.03. The minimum atomic E-state index is -1.08. The smallest absolute Gasteiger partial charge is 0.295 e. The van der Waals surface area contributed by atoms with Gasteiger partial charge in [0.05, 0.1) is 24.8 Å². The second-order valence-electron chi connectivity index (χ2n) is 7.47. The summed E-state index contributed by atoms with van der Waals surface area (Å²) >= 11 is 0. The molecule has 162 valence electrons.